The van der Waals surface area contributed by atoms with Crippen molar-refractivity contribution in [3.05, 3.63) is 44.5 Å². The minimum absolute atomic E-state index is 0.116. The number of nitrogens with one attached hydrogen (secondary N) is 1. The van der Waals surface area contributed by atoms with E-state index in [0.717, 1.165) is 17.4 Å². The number of thiophene rings is 1. The first kappa shape index (κ1) is 13.7. The Balaban J connectivity index is 2.16. The van der Waals surface area contributed by atoms with Crippen LogP contribution < -0.4 is 5.32 Å². The minimum Gasteiger partial charge on any atom is -0.477 e. The molecule has 0 saturated carbocycles. The molecule has 0 radical (unpaired) electrons. The molecule has 20 heavy (non-hydrogen) atoms. The van der Waals surface area contributed by atoms with E-state index < -0.39 is 22.7 Å². The number of carbonyl (C=O) groups is 2. The zero-order chi connectivity index (χ0) is 14.9. The van der Waals surface area contributed by atoms with Crippen LogP contribution in [0, 0.1) is 17.0 Å². The zero-order valence-corrected chi connectivity index (χ0v) is 10.9. The second-order valence-electron chi connectivity index (χ2n) is 3.78. The van der Waals surface area contributed by atoms with Crippen LogP contribution >= 0.6 is 11.3 Å². The molecule has 0 aromatic carbocycles. The molecule has 0 atom stereocenters. The Kier molecular flexibility index (Phi) is 3.53. The molecular formula is C11H8N2O6S. The van der Waals surface area contributed by atoms with Gasteiger partial charge in [0, 0.05) is 0 Å². The van der Waals surface area contributed by atoms with Gasteiger partial charge >= 0.3 is 11.9 Å². The number of amides is 1. The first-order chi connectivity index (χ1) is 9.38. The van der Waals surface area contributed by atoms with E-state index in [2.05, 4.69) is 5.32 Å². The normalized spacial score (nSPS) is 10.2. The van der Waals surface area contributed by atoms with Crippen molar-refractivity contribution in [2.75, 3.05) is 5.32 Å². The first-order valence-corrected chi connectivity index (χ1v) is 6.09. The second-order valence-corrected chi connectivity index (χ2v) is 4.83. The highest BCUT2D eigenvalue weighted by Crippen LogP contribution is 2.27. The van der Waals surface area contributed by atoms with Gasteiger partial charge in [0.2, 0.25) is 0 Å². The lowest BCUT2D eigenvalue weighted by Gasteiger charge is -1.97. The van der Waals surface area contributed by atoms with E-state index in [9.17, 15) is 19.7 Å². The molecule has 0 saturated heterocycles. The number of nitro groups is 1. The van der Waals surface area contributed by atoms with E-state index in [1.165, 1.54) is 12.1 Å². The van der Waals surface area contributed by atoms with Crippen molar-refractivity contribution < 1.29 is 24.0 Å². The highest BCUT2D eigenvalue weighted by molar-refractivity contribution is 7.18. The number of hydrogen-bond donors (Lipinski definition) is 2. The van der Waals surface area contributed by atoms with Crippen LogP contribution in [0.3, 0.4) is 0 Å². The lowest BCUT2D eigenvalue weighted by molar-refractivity contribution is -0.402. The average molecular weight is 296 g/mol. The van der Waals surface area contributed by atoms with E-state index in [1.54, 1.807) is 6.92 Å². The smallest absolute Gasteiger partial charge is 0.433 e. The third-order valence-electron chi connectivity index (χ3n) is 2.34. The fourth-order valence-corrected chi connectivity index (χ4v) is 2.38. The van der Waals surface area contributed by atoms with Crippen LogP contribution in [0.15, 0.2) is 22.6 Å². The quantitative estimate of drug-likeness (QED) is 0.660. The fraction of sp³-hybridized carbons (Fsp3) is 0.0909. The maximum Gasteiger partial charge on any atom is 0.433 e. The van der Waals surface area contributed by atoms with E-state index in [4.69, 9.17) is 9.52 Å². The number of carbonyl (C=O) groups excluding carboxylic acids is 1. The van der Waals surface area contributed by atoms with Crippen LogP contribution in [-0.2, 0) is 0 Å². The minimum atomic E-state index is -1.08. The van der Waals surface area contributed by atoms with Crippen LogP contribution in [0.1, 0.15) is 25.8 Å². The van der Waals surface area contributed by atoms with Crippen LogP contribution in [-0.4, -0.2) is 21.9 Å². The van der Waals surface area contributed by atoms with Crippen molar-refractivity contribution in [1.29, 1.82) is 0 Å². The van der Waals surface area contributed by atoms with Gasteiger partial charge in [0.15, 0.2) is 5.76 Å². The zero-order valence-electron chi connectivity index (χ0n) is 10.1. The predicted molar refractivity (Wildman–Crippen MR) is 69.3 cm³/mol. The highest BCUT2D eigenvalue weighted by Gasteiger charge is 2.19. The molecule has 1 amide bonds. The molecule has 9 heteroatoms. The van der Waals surface area contributed by atoms with Gasteiger partial charge < -0.3 is 14.8 Å². The summed E-state index contributed by atoms with van der Waals surface area (Å²) in [5.41, 5.74) is 0.517. The molecule has 8 nitrogen and oxygen atoms in total. The molecule has 0 fully saturated rings. The largest absolute Gasteiger partial charge is 0.477 e. The number of nitrogens with zero attached hydrogens (tertiary/aromatic N) is 1. The Morgan fingerprint density at radius 1 is 1.45 bits per heavy atom. The molecule has 0 aliphatic heterocycles. The summed E-state index contributed by atoms with van der Waals surface area (Å²) in [6, 6.07) is 3.74. The van der Waals surface area contributed by atoms with Crippen molar-refractivity contribution in [3.63, 3.8) is 0 Å². The van der Waals surface area contributed by atoms with Crippen LogP contribution in [0.25, 0.3) is 0 Å². The van der Waals surface area contributed by atoms with E-state index in [-0.39, 0.29) is 10.6 Å². The van der Waals surface area contributed by atoms with E-state index >= 15 is 0 Å². The van der Waals surface area contributed by atoms with Gasteiger partial charge in [-0.25, -0.2) is 4.79 Å². The van der Waals surface area contributed by atoms with Gasteiger partial charge in [0.25, 0.3) is 5.91 Å². The molecule has 0 spiro atoms. The van der Waals surface area contributed by atoms with E-state index in [0.29, 0.717) is 10.6 Å². The molecule has 0 unspecified atom stereocenters. The first-order valence-electron chi connectivity index (χ1n) is 5.28. The number of aromatic carboxylic acids is 1. The second kappa shape index (κ2) is 5.13. The van der Waals surface area contributed by atoms with Crippen molar-refractivity contribution in [2.24, 2.45) is 0 Å². The Morgan fingerprint density at radius 3 is 2.65 bits per heavy atom. The number of carboxylic acid groups (broad SMARTS) is 1. The SMILES string of the molecule is Cc1cc(NC(=O)c2ccc([N+](=O)[O-])o2)sc1C(=O)O. The number of furan rings is 1. The summed E-state index contributed by atoms with van der Waals surface area (Å²) >= 11 is 0.897. The molecule has 0 aliphatic carbocycles. The Labute approximate surface area is 115 Å². The van der Waals surface area contributed by atoms with Gasteiger partial charge in [0.05, 0.1) is 11.1 Å². The third-order valence-corrected chi connectivity index (χ3v) is 3.48. The summed E-state index contributed by atoms with van der Waals surface area (Å²) in [5.74, 6) is -2.53. The maximum atomic E-state index is 11.8. The summed E-state index contributed by atoms with van der Waals surface area (Å²) in [5, 5.41) is 22.1. The maximum absolute atomic E-state index is 11.8. The molecule has 2 N–H and O–H groups in total. The monoisotopic (exact) mass is 296 g/mol. The molecule has 104 valence electrons. The fourth-order valence-electron chi connectivity index (χ4n) is 1.48. The molecule has 0 aliphatic rings. The third kappa shape index (κ3) is 2.67. The van der Waals surface area contributed by atoms with Gasteiger partial charge in [-0.1, -0.05) is 0 Å². The number of carboxylic acids is 1. The lowest BCUT2D eigenvalue weighted by atomic mass is 10.3. The van der Waals surface area contributed by atoms with Crippen molar-refractivity contribution >= 4 is 34.1 Å². The Morgan fingerprint density at radius 2 is 2.15 bits per heavy atom. The summed E-state index contributed by atoms with van der Waals surface area (Å²) in [4.78, 5) is 32.4. The van der Waals surface area contributed by atoms with Gasteiger partial charge in [-0.15, -0.1) is 11.3 Å². The Bertz CT molecular complexity index is 702. The van der Waals surface area contributed by atoms with Crippen molar-refractivity contribution in [1.82, 2.24) is 0 Å². The molecule has 2 heterocycles. The standard InChI is InChI=1S/C11H8N2O6S/c1-5-4-7(20-9(5)11(15)16)12-10(14)6-2-3-8(19-6)13(17)18/h2-4H,1H3,(H,12,14)(H,15,16). The molecule has 2 aromatic rings. The van der Waals surface area contributed by atoms with E-state index in [1.807, 2.05) is 0 Å². The van der Waals surface area contributed by atoms with Gasteiger partial charge in [0.1, 0.15) is 9.80 Å². The topological polar surface area (TPSA) is 123 Å². The van der Waals surface area contributed by atoms with Crippen LogP contribution in [0.5, 0.6) is 0 Å². The predicted octanol–water partition coefficient (Wildman–Crippen LogP) is 2.51. The molecular weight excluding hydrogens is 288 g/mol. The van der Waals surface area contributed by atoms with Crippen LogP contribution in [0.4, 0.5) is 10.9 Å². The average Bonchev–Trinajstić information content (AvgIpc) is 2.95. The number of rotatable bonds is 4. The van der Waals surface area contributed by atoms with Crippen molar-refractivity contribution in [2.45, 2.75) is 6.92 Å². The summed E-state index contributed by atoms with van der Waals surface area (Å²) < 4.78 is 4.74. The highest BCUT2D eigenvalue weighted by atomic mass is 32.1. The lowest BCUT2D eigenvalue weighted by Crippen LogP contribution is -2.09. The number of aryl methyl sites for hydroxylation is 1. The molecule has 0 bridgehead atoms. The van der Waals surface area contributed by atoms with Crippen molar-refractivity contribution in [3.8, 4) is 0 Å². The molecule has 2 aromatic heterocycles. The van der Waals surface area contributed by atoms with Crippen LogP contribution in [0.2, 0.25) is 0 Å². The molecule has 2 rings (SSSR count). The Hall–Kier alpha value is -2.68. The summed E-state index contributed by atoms with van der Waals surface area (Å²) in [6.45, 7) is 1.60. The van der Waals surface area contributed by atoms with Gasteiger partial charge in [-0.05, 0) is 24.6 Å². The van der Waals surface area contributed by atoms with Gasteiger partial charge in [-0.3, -0.25) is 14.9 Å². The van der Waals surface area contributed by atoms with Gasteiger partial charge in [-0.2, -0.15) is 0 Å². The number of hydrogen-bond acceptors (Lipinski definition) is 6. The number of anilines is 1. The summed E-state index contributed by atoms with van der Waals surface area (Å²) in [7, 11) is 0. The summed E-state index contributed by atoms with van der Waals surface area (Å²) in [6.07, 6.45) is 0.